The summed E-state index contributed by atoms with van der Waals surface area (Å²) in [4.78, 5) is 22.7. The molecule has 0 aliphatic rings. The fourth-order valence-corrected chi connectivity index (χ4v) is 8.55. The summed E-state index contributed by atoms with van der Waals surface area (Å²) in [7, 11) is 1.62. The first-order valence-electron chi connectivity index (χ1n) is 25.4. The Hall–Kier alpha value is -0.500. The number of rotatable bonds is 47. The number of hydrogen-bond acceptors (Lipinski definition) is 5. The number of aliphatic hydroxyl groups is 1. The first-order chi connectivity index (χ1) is 28.0. The van der Waals surface area contributed by atoms with Crippen molar-refractivity contribution < 1.29 is 32.9 Å². The highest BCUT2D eigenvalue weighted by Crippen LogP contribution is 2.43. The predicted molar refractivity (Wildman–Crippen MR) is 249 cm³/mol. The lowest BCUT2D eigenvalue weighted by molar-refractivity contribution is -0.870. The van der Waals surface area contributed by atoms with Crippen LogP contribution < -0.4 is 5.32 Å². The van der Waals surface area contributed by atoms with Crippen LogP contribution in [0.3, 0.4) is 0 Å². The minimum absolute atomic E-state index is 0.0770. The van der Waals surface area contributed by atoms with Gasteiger partial charge in [0.1, 0.15) is 13.2 Å². The largest absolute Gasteiger partial charge is 0.472 e. The number of phosphoric acid groups is 1. The molecule has 0 saturated carbocycles. The van der Waals surface area contributed by atoms with E-state index in [1.54, 1.807) is 0 Å². The molecule has 0 aromatic rings. The van der Waals surface area contributed by atoms with Gasteiger partial charge in [-0.25, -0.2) is 4.57 Å². The molecule has 8 nitrogen and oxygen atoms in total. The van der Waals surface area contributed by atoms with Gasteiger partial charge in [-0.3, -0.25) is 13.8 Å². The number of carbonyl (C=O) groups is 1. The van der Waals surface area contributed by atoms with Crippen molar-refractivity contribution in [2.75, 3.05) is 40.9 Å². The number of amides is 1. The van der Waals surface area contributed by atoms with Gasteiger partial charge in [-0.2, -0.15) is 0 Å². The zero-order valence-corrected chi connectivity index (χ0v) is 40.5. The van der Waals surface area contributed by atoms with Crippen molar-refractivity contribution in [1.82, 2.24) is 5.32 Å². The SMILES string of the molecule is CCCCCCCCCCCCCCCCCCCCCCCCCCCCCCCCCCCC(O)C(COP(=O)(O)OCC[N+](C)(C)C)NC(=O)CCCCC. The monoisotopic (exact) mass is 846 g/mol. The van der Waals surface area contributed by atoms with Crippen LogP contribution in [-0.4, -0.2) is 73.4 Å². The summed E-state index contributed by atoms with van der Waals surface area (Å²) in [5.41, 5.74) is 0. The van der Waals surface area contributed by atoms with E-state index in [-0.39, 0.29) is 19.1 Å². The van der Waals surface area contributed by atoms with Gasteiger partial charge in [0.25, 0.3) is 0 Å². The van der Waals surface area contributed by atoms with Gasteiger partial charge < -0.3 is 19.8 Å². The minimum atomic E-state index is -4.29. The molecule has 0 aliphatic heterocycles. The van der Waals surface area contributed by atoms with Gasteiger partial charge in [0, 0.05) is 6.42 Å². The zero-order valence-electron chi connectivity index (χ0n) is 39.6. The first-order valence-corrected chi connectivity index (χ1v) is 26.9. The van der Waals surface area contributed by atoms with Crippen LogP contribution in [0.15, 0.2) is 0 Å². The lowest BCUT2D eigenvalue weighted by atomic mass is 10.0. The summed E-state index contributed by atoms with van der Waals surface area (Å²) >= 11 is 0. The Labute approximate surface area is 361 Å². The number of unbranched alkanes of at least 4 members (excludes halogenated alkanes) is 34. The molecule has 0 aromatic carbocycles. The van der Waals surface area contributed by atoms with Gasteiger partial charge in [0.15, 0.2) is 0 Å². The second-order valence-corrected chi connectivity index (χ2v) is 20.4. The quantitative estimate of drug-likeness (QED) is 0.0320. The summed E-state index contributed by atoms with van der Waals surface area (Å²) in [5, 5.41) is 13.8. The maximum absolute atomic E-state index is 12.5. The van der Waals surface area contributed by atoms with Gasteiger partial charge in [0.05, 0.1) is 39.9 Å². The Morgan fingerprint density at radius 3 is 1.16 bits per heavy atom. The summed E-state index contributed by atoms with van der Waals surface area (Å²) < 4.78 is 23.4. The molecule has 0 radical (unpaired) electrons. The molecule has 0 aromatic heterocycles. The molecule has 0 aliphatic carbocycles. The third kappa shape index (κ3) is 43.6. The molecule has 9 heteroatoms. The third-order valence-corrected chi connectivity index (χ3v) is 12.8. The van der Waals surface area contributed by atoms with Crippen LogP contribution in [0.1, 0.15) is 258 Å². The molecular formula is C49H102N2O6P+. The predicted octanol–water partition coefficient (Wildman–Crippen LogP) is 14.5. The van der Waals surface area contributed by atoms with Gasteiger partial charge in [-0.15, -0.1) is 0 Å². The molecule has 1 amide bonds. The minimum Gasteiger partial charge on any atom is -0.391 e. The van der Waals surface area contributed by atoms with E-state index in [0.717, 1.165) is 38.5 Å². The zero-order chi connectivity index (χ0) is 42.8. The van der Waals surface area contributed by atoms with E-state index in [1.165, 1.54) is 193 Å². The van der Waals surface area contributed by atoms with Crippen LogP contribution >= 0.6 is 7.82 Å². The van der Waals surface area contributed by atoms with E-state index in [2.05, 4.69) is 19.2 Å². The number of phosphoric ester groups is 1. The maximum Gasteiger partial charge on any atom is 0.472 e. The number of aliphatic hydroxyl groups excluding tert-OH is 1. The van der Waals surface area contributed by atoms with E-state index in [4.69, 9.17) is 9.05 Å². The molecule has 0 rings (SSSR count). The van der Waals surface area contributed by atoms with Crippen molar-refractivity contribution >= 4 is 13.7 Å². The van der Waals surface area contributed by atoms with E-state index in [1.807, 2.05) is 21.1 Å². The van der Waals surface area contributed by atoms with Crippen LogP contribution in [0.25, 0.3) is 0 Å². The smallest absolute Gasteiger partial charge is 0.391 e. The Balaban J connectivity index is 3.68. The number of likely N-dealkylation sites (N-methyl/N-ethyl adjacent to an activating group) is 1. The van der Waals surface area contributed by atoms with Gasteiger partial charge in [-0.1, -0.05) is 239 Å². The Bertz CT molecular complexity index is 916. The van der Waals surface area contributed by atoms with Crippen LogP contribution in [0, 0.1) is 0 Å². The summed E-state index contributed by atoms with van der Waals surface area (Å²) in [6.45, 7) is 4.74. The lowest BCUT2D eigenvalue weighted by Gasteiger charge is -2.26. The van der Waals surface area contributed by atoms with E-state index in [9.17, 15) is 19.4 Å². The number of nitrogens with zero attached hydrogens (tertiary/aromatic N) is 1. The summed E-state index contributed by atoms with van der Waals surface area (Å²) in [6.07, 6.45) is 48.3. The van der Waals surface area contributed by atoms with Crippen LogP contribution in [0.2, 0.25) is 0 Å². The molecule has 3 unspecified atom stereocenters. The van der Waals surface area contributed by atoms with Crippen LogP contribution in [-0.2, 0) is 18.4 Å². The molecule has 58 heavy (non-hydrogen) atoms. The van der Waals surface area contributed by atoms with E-state index in [0.29, 0.717) is 23.9 Å². The highest BCUT2D eigenvalue weighted by Gasteiger charge is 2.28. The van der Waals surface area contributed by atoms with Crippen LogP contribution in [0.4, 0.5) is 0 Å². The number of nitrogens with one attached hydrogen (secondary N) is 1. The maximum atomic E-state index is 12.5. The summed E-state index contributed by atoms with van der Waals surface area (Å²) in [6, 6.07) is -0.750. The number of carbonyl (C=O) groups excluding carboxylic acids is 1. The lowest BCUT2D eigenvalue weighted by Crippen LogP contribution is -2.46. The van der Waals surface area contributed by atoms with Crippen molar-refractivity contribution in [3.8, 4) is 0 Å². The van der Waals surface area contributed by atoms with E-state index < -0.39 is 20.0 Å². The molecular weight excluding hydrogens is 744 g/mol. The van der Waals surface area contributed by atoms with Crippen molar-refractivity contribution in [1.29, 1.82) is 0 Å². The first kappa shape index (κ1) is 57.5. The fourth-order valence-electron chi connectivity index (χ4n) is 7.81. The molecule has 348 valence electrons. The molecule has 0 spiro atoms. The molecule has 0 heterocycles. The summed E-state index contributed by atoms with van der Waals surface area (Å²) in [5.74, 6) is -0.166. The average molecular weight is 846 g/mol. The second kappa shape index (κ2) is 41.8. The number of hydrogen-bond donors (Lipinski definition) is 3. The molecule has 0 bridgehead atoms. The van der Waals surface area contributed by atoms with E-state index >= 15 is 0 Å². The standard InChI is InChI=1S/C49H101N2O6P/c1-6-8-10-11-12-13-14-15-16-17-18-19-20-21-22-23-24-25-26-27-28-29-30-31-32-33-34-35-36-37-38-39-41-42-48(52)47(50-49(53)43-40-9-7-2)46-57-58(54,55)56-45-44-51(3,4)5/h47-48,52H,6-46H2,1-5H3,(H-,50,53,54,55)/p+1. The van der Waals surface area contributed by atoms with Crippen molar-refractivity contribution in [3.63, 3.8) is 0 Å². The second-order valence-electron chi connectivity index (χ2n) is 18.9. The normalized spacial score (nSPS) is 14.1. The molecule has 3 atom stereocenters. The Morgan fingerprint density at radius 2 is 0.828 bits per heavy atom. The Kier molecular flexibility index (Phi) is 41.5. The van der Waals surface area contributed by atoms with Crippen molar-refractivity contribution in [2.24, 2.45) is 0 Å². The van der Waals surface area contributed by atoms with Gasteiger partial charge >= 0.3 is 7.82 Å². The molecule has 0 saturated heterocycles. The van der Waals surface area contributed by atoms with Gasteiger partial charge in [0.2, 0.25) is 5.91 Å². The molecule has 0 fully saturated rings. The van der Waals surface area contributed by atoms with Crippen molar-refractivity contribution in [3.05, 3.63) is 0 Å². The average Bonchev–Trinajstić information content (AvgIpc) is 3.17. The third-order valence-electron chi connectivity index (χ3n) is 11.9. The van der Waals surface area contributed by atoms with Crippen molar-refractivity contribution in [2.45, 2.75) is 270 Å². The van der Waals surface area contributed by atoms with Crippen LogP contribution in [0.5, 0.6) is 0 Å². The molecule has 3 N–H and O–H groups in total. The van der Waals surface area contributed by atoms with Gasteiger partial charge in [-0.05, 0) is 12.8 Å². The topological polar surface area (TPSA) is 105 Å². The Morgan fingerprint density at radius 1 is 0.517 bits per heavy atom. The highest BCUT2D eigenvalue weighted by atomic mass is 31.2. The highest BCUT2D eigenvalue weighted by molar-refractivity contribution is 7.47. The fraction of sp³-hybridized carbons (Fsp3) is 0.980. The number of quaternary nitrogens is 1.